The summed E-state index contributed by atoms with van der Waals surface area (Å²) in [6.07, 6.45) is 4.58. The van der Waals surface area contributed by atoms with Gasteiger partial charge < -0.3 is 10.2 Å². The number of nitrogens with one attached hydrogen (secondary N) is 1. The van der Waals surface area contributed by atoms with Crippen LogP contribution in [0.2, 0.25) is 0 Å². The normalized spacial score (nSPS) is 19.0. The fraction of sp³-hybridized carbons (Fsp3) is 0.529. The van der Waals surface area contributed by atoms with Gasteiger partial charge in [0, 0.05) is 18.0 Å². The molecule has 8 heteroatoms. The molecule has 2 heterocycles. The molecule has 0 aromatic carbocycles. The number of hydrogen-bond donors (Lipinski definition) is 1. The number of rotatable bonds is 7. The predicted molar refractivity (Wildman–Crippen MR) is 93.7 cm³/mol. The van der Waals surface area contributed by atoms with Crippen LogP contribution < -0.4 is 5.32 Å². The van der Waals surface area contributed by atoms with Gasteiger partial charge in [-0.25, -0.2) is 4.79 Å². The minimum atomic E-state index is -0.954. The molecule has 1 radical (unpaired) electrons. The first-order valence-corrected chi connectivity index (χ1v) is 9.21. The quantitative estimate of drug-likeness (QED) is 0.591. The van der Waals surface area contributed by atoms with Gasteiger partial charge in [0.1, 0.15) is 6.04 Å². The molecule has 0 bridgehead atoms. The van der Waals surface area contributed by atoms with Crippen LogP contribution in [0.4, 0.5) is 4.79 Å². The summed E-state index contributed by atoms with van der Waals surface area (Å²) in [7, 11) is 0. The SMILES string of the molecule is CCCCCN1CC(C)N(C(=O)NC([C]=O)c2cccs2)C(=O)C1=O. The number of carbonyl (C=O) groups is 3. The van der Waals surface area contributed by atoms with Gasteiger partial charge in [0.15, 0.2) is 0 Å². The van der Waals surface area contributed by atoms with E-state index >= 15 is 0 Å². The summed E-state index contributed by atoms with van der Waals surface area (Å²) in [6, 6.07) is 1.29. The molecule has 0 aliphatic carbocycles. The molecule has 1 aromatic heterocycles. The molecule has 0 spiro atoms. The fourth-order valence-electron chi connectivity index (χ4n) is 2.77. The molecule has 1 aliphatic rings. The van der Waals surface area contributed by atoms with E-state index in [1.165, 1.54) is 16.2 Å². The van der Waals surface area contributed by atoms with Crippen LogP contribution in [0.5, 0.6) is 0 Å². The van der Waals surface area contributed by atoms with Crippen LogP contribution in [0.1, 0.15) is 44.0 Å². The van der Waals surface area contributed by atoms with Crippen molar-refractivity contribution < 1.29 is 19.2 Å². The first-order chi connectivity index (χ1) is 12.0. The van der Waals surface area contributed by atoms with Crippen molar-refractivity contribution in [1.29, 1.82) is 0 Å². The smallest absolute Gasteiger partial charge is 0.325 e. The molecular weight excluding hydrogens is 342 g/mol. The second-order valence-electron chi connectivity index (χ2n) is 6.00. The summed E-state index contributed by atoms with van der Waals surface area (Å²) in [4.78, 5) is 51.2. The second-order valence-corrected chi connectivity index (χ2v) is 6.98. The molecule has 2 rings (SSSR count). The molecule has 1 saturated heterocycles. The highest BCUT2D eigenvalue weighted by molar-refractivity contribution is 7.10. The van der Waals surface area contributed by atoms with Crippen LogP contribution in [-0.2, 0) is 14.4 Å². The van der Waals surface area contributed by atoms with Crippen molar-refractivity contribution in [3.8, 4) is 0 Å². The lowest BCUT2D eigenvalue weighted by Crippen LogP contribution is -2.62. The van der Waals surface area contributed by atoms with E-state index < -0.39 is 29.9 Å². The summed E-state index contributed by atoms with van der Waals surface area (Å²) in [5.74, 6) is -1.53. The van der Waals surface area contributed by atoms with Crippen molar-refractivity contribution in [1.82, 2.24) is 15.1 Å². The van der Waals surface area contributed by atoms with E-state index in [0.717, 1.165) is 24.2 Å². The summed E-state index contributed by atoms with van der Waals surface area (Å²) in [6.45, 7) is 4.59. The minimum absolute atomic E-state index is 0.302. The number of hydrogen-bond acceptors (Lipinski definition) is 5. The Morgan fingerprint density at radius 3 is 2.76 bits per heavy atom. The van der Waals surface area contributed by atoms with Crippen LogP contribution in [-0.4, -0.2) is 53.1 Å². The van der Waals surface area contributed by atoms with E-state index in [4.69, 9.17) is 0 Å². The van der Waals surface area contributed by atoms with Crippen molar-refractivity contribution in [2.45, 2.75) is 45.2 Å². The molecule has 7 nitrogen and oxygen atoms in total. The van der Waals surface area contributed by atoms with Gasteiger partial charge in [0.05, 0.1) is 6.04 Å². The number of imide groups is 1. The van der Waals surface area contributed by atoms with Gasteiger partial charge in [-0.05, 0) is 24.8 Å². The maximum Gasteiger partial charge on any atom is 0.325 e. The van der Waals surface area contributed by atoms with Gasteiger partial charge >= 0.3 is 17.8 Å². The molecule has 135 valence electrons. The zero-order valence-electron chi connectivity index (χ0n) is 14.4. The van der Waals surface area contributed by atoms with Crippen LogP contribution >= 0.6 is 11.3 Å². The number of urea groups is 1. The Kier molecular flexibility index (Phi) is 6.69. The molecular formula is C17H22N3O4S. The highest BCUT2D eigenvalue weighted by Crippen LogP contribution is 2.19. The molecule has 1 aliphatic heterocycles. The highest BCUT2D eigenvalue weighted by atomic mass is 32.1. The van der Waals surface area contributed by atoms with E-state index in [-0.39, 0.29) is 0 Å². The Morgan fingerprint density at radius 2 is 2.16 bits per heavy atom. The van der Waals surface area contributed by atoms with Crippen molar-refractivity contribution in [3.05, 3.63) is 22.4 Å². The largest absolute Gasteiger partial charge is 0.332 e. The van der Waals surface area contributed by atoms with E-state index in [1.807, 2.05) is 0 Å². The van der Waals surface area contributed by atoms with Gasteiger partial charge in [-0.2, -0.15) is 0 Å². The maximum absolute atomic E-state index is 12.4. The van der Waals surface area contributed by atoms with Crippen molar-refractivity contribution in [2.75, 3.05) is 13.1 Å². The van der Waals surface area contributed by atoms with Crippen molar-refractivity contribution >= 4 is 35.5 Å². The molecule has 1 fully saturated rings. The van der Waals surface area contributed by atoms with E-state index in [2.05, 4.69) is 12.2 Å². The maximum atomic E-state index is 12.4. The van der Waals surface area contributed by atoms with Crippen LogP contribution in [0.15, 0.2) is 17.5 Å². The predicted octanol–water partition coefficient (Wildman–Crippen LogP) is 1.86. The Morgan fingerprint density at radius 1 is 1.40 bits per heavy atom. The third kappa shape index (κ3) is 4.45. The van der Waals surface area contributed by atoms with Gasteiger partial charge in [0.25, 0.3) is 0 Å². The lowest BCUT2D eigenvalue weighted by Gasteiger charge is -2.37. The third-order valence-electron chi connectivity index (χ3n) is 4.08. The summed E-state index contributed by atoms with van der Waals surface area (Å²) >= 11 is 1.30. The van der Waals surface area contributed by atoms with Crippen LogP contribution in [0.25, 0.3) is 0 Å². The van der Waals surface area contributed by atoms with Gasteiger partial charge in [0.2, 0.25) is 6.29 Å². The fourth-order valence-corrected chi connectivity index (χ4v) is 3.48. The number of nitrogens with zero attached hydrogens (tertiary/aromatic N) is 2. The van der Waals surface area contributed by atoms with Gasteiger partial charge in [-0.15, -0.1) is 11.3 Å². The van der Waals surface area contributed by atoms with E-state index in [9.17, 15) is 19.2 Å². The first kappa shape index (κ1) is 19.1. The number of piperazine rings is 1. The molecule has 2 unspecified atom stereocenters. The molecule has 0 saturated carbocycles. The van der Waals surface area contributed by atoms with Crippen molar-refractivity contribution in [3.63, 3.8) is 0 Å². The lowest BCUT2D eigenvalue weighted by atomic mass is 10.1. The zero-order valence-corrected chi connectivity index (χ0v) is 15.2. The summed E-state index contributed by atoms with van der Waals surface area (Å²) in [5, 5.41) is 4.25. The average Bonchev–Trinajstić information content (AvgIpc) is 3.11. The van der Waals surface area contributed by atoms with Gasteiger partial charge in [-0.1, -0.05) is 25.8 Å². The lowest BCUT2D eigenvalue weighted by molar-refractivity contribution is -0.155. The highest BCUT2D eigenvalue weighted by Gasteiger charge is 2.40. The molecule has 1 aromatic rings. The number of unbranched alkanes of at least 4 members (excludes halogenated alkanes) is 2. The topological polar surface area (TPSA) is 86.8 Å². The molecule has 25 heavy (non-hydrogen) atoms. The molecule has 2 atom stereocenters. The Labute approximate surface area is 151 Å². The Hall–Kier alpha value is -2.22. The first-order valence-electron chi connectivity index (χ1n) is 8.33. The second kappa shape index (κ2) is 8.75. The monoisotopic (exact) mass is 364 g/mol. The summed E-state index contributed by atoms with van der Waals surface area (Å²) in [5.41, 5.74) is 0. The van der Waals surface area contributed by atoms with E-state index in [0.29, 0.717) is 18.0 Å². The molecule has 1 N–H and O–H groups in total. The van der Waals surface area contributed by atoms with Crippen molar-refractivity contribution in [2.24, 2.45) is 0 Å². The van der Waals surface area contributed by atoms with Crippen LogP contribution in [0.3, 0.4) is 0 Å². The Bertz CT molecular complexity index is 632. The van der Waals surface area contributed by atoms with Crippen LogP contribution in [0, 0.1) is 0 Å². The average molecular weight is 364 g/mol. The number of thiophene rings is 1. The third-order valence-corrected chi connectivity index (χ3v) is 5.02. The molecule has 4 amide bonds. The standard InChI is InChI=1S/C17H22N3O4S/c1-3-4-5-8-19-10-12(2)20(16(23)15(19)22)17(24)18-13(11-21)14-7-6-9-25-14/h6-7,9,12-13H,3-5,8,10H2,1-2H3,(H,18,24). The minimum Gasteiger partial charge on any atom is -0.332 e. The Balaban J connectivity index is 2.03. The van der Waals surface area contributed by atoms with E-state index in [1.54, 1.807) is 30.7 Å². The number of amides is 4. The summed E-state index contributed by atoms with van der Waals surface area (Å²) < 4.78 is 0. The zero-order chi connectivity index (χ0) is 18.4. The number of carbonyl (C=O) groups excluding carboxylic acids is 4. The van der Waals surface area contributed by atoms with Gasteiger partial charge in [-0.3, -0.25) is 19.3 Å².